The van der Waals surface area contributed by atoms with Gasteiger partial charge in [0.25, 0.3) is 8.68 Å². The van der Waals surface area contributed by atoms with Gasteiger partial charge < -0.3 is 4.46 Å². The van der Waals surface area contributed by atoms with Gasteiger partial charge in [-0.3, -0.25) is 0 Å². The molecule has 0 aliphatic carbocycles. The van der Waals surface area contributed by atoms with Gasteiger partial charge in [0.1, 0.15) is 0 Å². The zero-order chi connectivity index (χ0) is 5.70. The molecule has 0 atom stereocenters. The molecule has 0 saturated heterocycles. The molecule has 0 radical (unpaired) electrons. The Morgan fingerprint density at radius 3 is 2.43 bits per heavy atom. The SMILES string of the molecule is C[Si](=O)CCCBr. The summed E-state index contributed by atoms with van der Waals surface area (Å²) >= 11 is 3.26. The Morgan fingerprint density at radius 2 is 2.29 bits per heavy atom. The highest BCUT2D eigenvalue weighted by molar-refractivity contribution is 9.09. The molecule has 0 aromatic carbocycles. The number of hydrogen-bond donors (Lipinski definition) is 0. The summed E-state index contributed by atoms with van der Waals surface area (Å²) in [4.78, 5) is 0. The van der Waals surface area contributed by atoms with Crippen LogP contribution in [-0.4, -0.2) is 14.0 Å². The summed E-state index contributed by atoms with van der Waals surface area (Å²) < 4.78 is 10.4. The minimum absolute atomic E-state index is 0.899. The highest BCUT2D eigenvalue weighted by atomic mass is 79.9. The van der Waals surface area contributed by atoms with Crippen molar-refractivity contribution in [3.8, 4) is 0 Å². The van der Waals surface area contributed by atoms with E-state index in [0.717, 1.165) is 17.8 Å². The van der Waals surface area contributed by atoms with E-state index in [1.807, 2.05) is 0 Å². The van der Waals surface area contributed by atoms with E-state index in [-0.39, 0.29) is 0 Å². The maximum Gasteiger partial charge on any atom is 0.273 e. The topological polar surface area (TPSA) is 17.1 Å². The Labute approximate surface area is 53.9 Å². The summed E-state index contributed by atoms with van der Waals surface area (Å²) in [6.07, 6.45) is 1.05. The Bertz CT molecular complexity index is 64.7. The highest BCUT2D eigenvalue weighted by Gasteiger charge is 1.91. The Kier molecular flexibility index (Phi) is 4.98. The summed E-state index contributed by atoms with van der Waals surface area (Å²) in [7, 11) is -1.18. The molecule has 0 aromatic rings. The van der Waals surface area contributed by atoms with E-state index in [1.165, 1.54) is 0 Å². The van der Waals surface area contributed by atoms with E-state index in [2.05, 4.69) is 15.9 Å². The van der Waals surface area contributed by atoms with Crippen molar-refractivity contribution in [1.82, 2.24) is 0 Å². The van der Waals surface area contributed by atoms with Crippen LogP contribution in [0.1, 0.15) is 6.42 Å². The van der Waals surface area contributed by atoms with Crippen molar-refractivity contribution in [3.05, 3.63) is 0 Å². The molecule has 3 heteroatoms. The van der Waals surface area contributed by atoms with Gasteiger partial charge in [0.15, 0.2) is 0 Å². The van der Waals surface area contributed by atoms with Crippen LogP contribution in [0.4, 0.5) is 0 Å². The van der Waals surface area contributed by atoms with Gasteiger partial charge in [0.05, 0.1) is 0 Å². The fourth-order valence-corrected chi connectivity index (χ4v) is 1.79. The lowest BCUT2D eigenvalue weighted by atomic mass is 10.6. The smallest absolute Gasteiger partial charge is 0.273 e. The molecule has 0 aliphatic rings. The summed E-state index contributed by atoms with van der Waals surface area (Å²) in [6.45, 7) is 1.80. The molecule has 0 amide bonds. The molecule has 7 heavy (non-hydrogen) atoms. The number of rotatable bonds is 3. The number of hydrogen-bond acceptors (Lipinski definition) is 1. The summed E-state index contributed by atoms with van der Waals surface area (Å²) in [5, 5.41) is 0.983. The van der Waals surface area contributed by atoms with E-state index in [9.17, 15) is 4.46 Å². The molecule has 0 N–H and O–H groups in total. The Morgan fingerprint density at radius 1 is 1.71 bits per heavy atom. The van der Waals surface area contributed by atoms with Crippen molar-refractivity contribution in [3.63, 3.8) is 0 Å². The zero-order valence-corrected chi connectivity index (χ0v) is 6.99. The second kappa shape index (κ2) is 4.65. The van der Waals surface area contributed by atoms with E-state index in [0.29, 0.717) is 0 Å². The Balaban J connectivity index is 2.82. The third-order valence-corrected chi connectivity index (χ3v) is 2.28. The van der Waals surface area contributed by atoms with Crippen molar-refractivity contribution in [2.75, 3.05) is 5.33 Å². The van der Waals surface area contributed by atoms with E-state index < -0.39 is 8.68 Å². The molecule has 0 aromatic heterocycles. The van der Waals surface area contributed by atoms with Crippen LogP contribution in [0, 0.1) is 0 Å². The highest BCUT2D eigenvalue weighted by Crippen LogP contribution is 1.93. The standard InChI is InChI=1S/C4H9BrOSi/c1-7(6)4-2-3-5/h2-4H2,1H3. The predicted molar refractivity (Wildman–Crippen MR) is 35.5 cm³/mol. The van der Waals surface area contributed by atoms with Crippen LogP contribution in [0.25, 0.3) is 0 Å². The molecular formula is C4H9BrOSi. The lowest BCUT2D eigenvalue weighted by Crippen LogP contribution is -1.89. The van der Waals surface area contributed by atoms with Crippen molar-refractivity contribution < 1.29 is 4.46 Å². The molecule has 0 aliphatic heterocycles. The minimum Gasteiger partial charge on any atom is -0.389 e. The maximum absolute atomic E-state index is 10.4. The molecule has 42 valence electrons. The van der Waals surface area contributed by atoms with E-state index in [1.54, 1.807) is 6.55 Å². The molecule has 0 heterocycles. The van der Waals surface area contributed by atoms with Crippen LogP contribution < -0.4 is 0 Å². The first-order valence-corrected chi connectivity index (χ1v) is 5.56. The van der Waals surface area contributed by atoms with Crippen molar-refractivity contribution in [2.24, 2.45) is 0 Å². The van der Waals surface area contributed by atoms with Crippen LogP contribution in [0.15, 0.2) is 0 Å². The molecule has 1 nitrogen and oxygen atoms in total. The average molecular weight is 181 g/mol. The van der Waals surface area contributed by atoms with Crippen LogP contribution in [-0.2, 0) is 4.46 Å². The third-order valence-electron chi connectivity index (χ3n) is 0.662. The number of alkyl halides is 1. The molecule has 0 spiro atoms. The summed E-state index contributed by atoms with van der Waals surface area (Å²) in [5.74, 6) is 0. The second-order valence-electron chi connectivity index (χ2n) is 1.49. The van der Waals surface area contributed by atoms with Gasteiger partial charge in [-0.2, -0.15) is 0 Å². The van der Waals surface area contributed by atoms with Gasteiger partial charge in [-0.05, 0) is 19.0 Å². The van der Waals surface area contributed by atoms with Gasteiger partial charge in [-0.1, -0.05) is 15.9 Å². The van der Waals surface area contributed by atoms with Gasteiger partial charge >= 0.3 is 0 Å². The average Bonchev–Trinajstić information content (AvgIpc) is 1.61. The quantitative estimate of drug-likeness (QED) is 0.479. The lowest BCUT2D eigenvalue weighted by Gasteiger charge is -1.83. The normalized spacial score (nSPS) is 8.86. The molecular weight excluding hydrogens is 172 g/mol. The van der Waals surface area contributed by atoms with Gasteiger partial charge in [0.2, 0.25) is 0 Å². The zero-order valence-electron chi connectivity index (χ0n) is 4.41. The van der Waals surface area contributed by atoms with Crippen LogP contribution >= 0.6 is 15.9 Å². The molecule has 0 fully saturated rings. The second-order valence-corrected chi connectivity index (χ2v) is 4.19. The minimum atomic E-state index is -1.18. The molecule has 0 bridgehead atoms. The maximum atomic E-state index is 10.4. The van der Waals surface area contributed by atoms with Crippen molar-refractivity contribution >= 4 is 24.6 Å². The van der Waals surface area contributed by atoms with Gasteiger partial charge in [-0.25, -0.2) is 0 Å². The molecule has 0 rings (SSSR count). The first-order chi connectivity index (χ1) is 3.27. The Hall–Kier alpha value is 0.497. The molecule has 0 unspecified atom stereocenters. The van der Waals surface area contributed by atoms with Crippen molar-refractivity contribution in [1.29, 1.82) is 0 Å². The molecule has 0 saturated carbocycles. The van der Waals surface area contributed by atoms with E-state index >= 15 is 0 Å². The van der Waals surface area contributed by atoms with Crippen LogP contribution in [0.3, 0.4) is 0 Å². The van der Waals surface area contributed by atoms with Gasteiger partial charge in [0, 0.05) is 5.33 Å². The summed E-state index contributed by atoms with van der Waals surface area (Å²) in [5.41, 5.74) is 0. The number of halogens is 1. The first kappa shape index (κ1) is 7.50. The van der Waals surface area contributed by atoms with Crippen LogP contribution in [0.5, 0.6) is 0 Å². The van der Waals surface area contributed by atoms with Gasteiger partial charge in [-0.15, -0.1) is 0 Å². The predicted octanol–water partition coefficient (Wildman–Crippen LogP) is 1.82. The third kappa shape index (κ3) is 6.50. The fourth-order valence-electron chi connectivity index (χ4n) is 0.316. The van der Waals surface area contributed by atoms with Crippen molar-refractivity contribution in [2.45, 2.75) is 19.0 Å². The first-order valence-electron chi connectivity index (χ1n) is 2.32. The largest absolute Gasteiger partial charge is 0.389 e. The fraction of sp³-hybridized carbons (Fsp3) is 1.00. The summed E-state index contributed by atoms with van der Waals surface area (Å²) in [6, 6.07) is 0.899. The lowest BCUT2D eigenvalue weighted by molar-refractivity contribution is 0.563. The monoisotopic (exact) mass is 180 g/mol. The van der Waals surface area contributed by atoms with E-state index in [4.69, 9.17) is 0 Å². The van der Waals surface area contributed by atoms with Crippen LogP contribution in [0.2, 0.25) is 12.6 Å².